The highest BCUT2D eigenvalue weighted by Gasteiger charge is 2.38. The third kappa shape index (κ3) is 4.32. The number of ether oxygens (including phenoxy) is 1. The molecular formula is C26H33N3O. The first-order valence-corrected chi connectivity index (χ1v) is 11.6. The number of rotatable bonds is 4. The van der Waals surface area contributed by atoms with Crippen molar-refractivity contribution in [2.45, 2.75) is 84.3 Å². The van der Waals surface area contributed by atoms with Gasteiger partial charge in [-0.25, -0.2) is 4.68 Å². The lowest BCUT2D eigenvalue weighted by Gasteiger charge is -2.43. The average molecular weight is 404 g/mol. The van der Waals surface area contributed by atoms with Gasteiger partial charge in [-0.1, -0.05) is 37.0 Å². The van der Waals surface area contributed by atoms with E-state index in [9.17, 15) is 0 Å². The maximum atomic E-state index is 5.87. The van der Waals surface area contributed by atoms with E-state index in [-0.39, 0.29) is 6.10 Å². The Bertz CT molecular complexity index is 975. The first-order valence-electron chi connectivity index (χ1n) is 11.6. The van der Waals surface area contributed by atoms with Gasteiger partial charge in [0.25, 0.3) is 0 Å². The molecule has 0 radical (unpaired) electrons. The van der Waals surface area contributed by atoms with Crippen LogP contribution in [0.5, 0.6) is 0 Å². The van der Waals surface area contributed by atoms with Gasteiger partial charge in [0, 0.05) is 23.7 Å². The van der Waals surface area contributed by atoms with Crippen LogP contribution < -0.4 is 0 Å². The van der Waals surface area contributed by atoms with Crippen molar-refractivity contribution in [1.29, 1.82) is 0 Å². The van der Waals surface area contributed by atoms with E-state index in [1.807, 2.05) is 4.68 Å². The van der Waals surface area contributed by atoms with E-state index in [0.717, 1.165) is 30.8 Å². The normalized spacial score (nSPS) is 23.5. The highest BCUT2D eigenvalue weighted by molar-refractivity contribution is 5.67. The topological polar surface area (TPSA) is 39.9 Å². The lowest BCUT2D eigenvalue weighted by molar-refractivity contribution is 0.00370. The van der Waals surface area contributed by atoms with Crippen LogP contribution in [0.2, 0.25) is 0 Å². The molecule has 30 heavy (non-hydrogen) atoms. The summed E-state index contributed by atoms with van der Waals surface area (Å²) in [6.45, 7) is 8.59. The van der Waals surface area contributed by atoms with E-state index < -0.39 is 0 Å². The van der Waals surface area contributed by atoms with Gasteiger partial charge in [-0.15, -0.1) is 5.10 Å². The number of benzene rings is 1. The quantitative estimate of drug-likeness (QED) is 0.634. The summed E-state index contributed by atoms with van der Waals surface area (Å²) in [7, 11) is 0. The van der Waals surface area contributed by atoms with Crippen LogP contribution in [-0.2, 0) is 11.3 Å². The third-order valence-electron chi connectivity index (χ3n) is 6.90. The van der Waals surface area contributed by atoms with Crippen molar-refractivity contribution in [1.82, 2.24) is 15.0 Å². The first-order chi connectivity index (χ1) is 14.5. The first kappa shape index (κ1) is 19.8. The summed E-state index contributed by atoms with van der Waals surface area (Å²) < 4.78 is 7.82. The molecule has 3 aliphatic rings. The lowest BCUT2D eigenvalue weighted by atomic mass is 9.61. The summed E-state index contributed by atoms with van der Waals surface area (Å²) in [5.41, 5.74) is 6.47. The van der Waals surface area contributed by atoms with E-state index in [2.05, 4.69) is 61.3 Å². The molecule has 2 heterocycles. The lowest BCUT2D eigenvalue weighted by Crippen LogP contribution is -2.30. The zero-order valence-electron chi connectivity index (χ0n) is 18.6. The van der Waals surface area contributed by atoms with Crippen molar-refractivity contribution in [3.8, 4) is 23.1 Å². The number of nitrogens with zero attached hydrogens (tertiary/aromatic N) is 3. The van der Waals surface area contributed by atoms with Crippen LogP contribution in [-0.4, -0.2) is 27.7 Å². The summed E-state index contributed by atoms with van der Waals surface area (Å²) in [6.07, 6.45) is 10.9. The molecule has 0 bridgehead atoms. The predicted octanol–water partition coefficient (Wildman–Crippen LogP) is 5.49. The van der Waals surface area contributed by atoms with Crippen molar-refractivity contribution < 1.29 is 4.74 Å². The highest BCUT2D eigenvalue weighted by Crippen LogP contribution is 2.51. The van der Waals surface area contributed by atoms with E-state index in [0.29, 0.717) is 17.3 Å². The number of hydrogen-bond acceptors (Lipinski definition) is 3. The fraction of sp³-hybridized carbons (Fsp3) is 0.615. The molecule has 0 amide bonds. The molecule has 1 aromatic carbocycles. The summed E-state index contributed by atoms with van der Waals surface area (Å²) >= 11 is 0. The summed E-state index contributed by atoms with van der Waals surface area (Å²) in [5, 5.41) is 8.90. The van der Waals surface area contributed by atoms with Gasteiger partial charge in [0.2, 0.25) is 0 Å². The Kier molecular flexibility index (Phi) is 5.19. The summed E-state index contributed by atoms with van der Waals surface area (Å²) in [5.74, 6) is 8.27. The zero-order valence-corrected chi connectivity index (χ0v) is 18.6. The average Bonchev–Trinajstić information content (AvgIpc) is 3.43. The zero-order chi connectivity index (χ0) is 20.7. The molecule has 1 aromatic heterocycles. The second-order valence-electron chi connectivity index (χ2n) is 10.4. The van der Waals surface area contributed by atoms with Gasteiger partial charge in [-0.05, 0) is 80.4 Å². The molecule has 0 N–H and O–H groups in total. The Morgan fingerprint density at radius 2 is 2.00 bits per heavy atom. The van der Waals surface area contributed by atoms with Crippen LogP contribution in [0.15, 0.2) is 18.3 Å². The monoisotopic (exact) mass is 403 g/mol. The number of aromatic nitrogens is 3. The Hall–Kier alpha value is -2.12. The molecule has 2 saturated carbocycles. The van der Waals surface area contributed by atoms with E-state index >= 15 is 0 Å². The van der Waals surface area contributed by atoms with Gasteiger partial charge in [0.05, 0.1) is 18.8 Å². The van der Waals surface area contributed by atoms with Crippen LogP contribution in [0, 0.1) is 30.1 Å². The minimum absolute atomic E-state index is 0.263. The van der Waals surface area contributed by atoms with Crippen LogP contribution in [0.25, 0.3) is 11.3 Å². The molecule has 2 aromatic rings. The van der Waals surface area contributed by atoms with E-state index in [1.54, 1.807) is 0 Å². The smallest absolute Gasteiger partial charge is 0.113 e. The van der Waals surface area contributed by atoms with Gasteiger partial charge in [-0.3, -0.25) is 0 Å². The maximum Gasteiger partial charge on any atom is 0.113 e. The molecule has 0 unspecified atom stereocenters. The molecule has 1 atom stereocenters. The molecule has 3 fully saturated rings. The molecule has 4 nitrogen and oxygen atoms in total. The van der Waals surface area contributed by atoms with E-state index in [1.165, 1.54) is 55.2 Å². The third-order valence-corrected chi connectivity index (χ3v) is 6.90. The van der Waals surface area contributed by atoms with Crippen molar-refractivity contribution in [2.75, 3.05) is 6.61 Å². The molecule has 1 saturated heterocycles. The van der Waals surface area contributed by atoms with Crippen LogP contribution in [0.3, 0.4) is 0 Å². The van der Waals surface area contributed by atoms with Crippen LogP contribution in [0.1, 0.15) is 81.4 Å². The standard InChI is InChI=1S/C26H33N3O/c1-18-12-24(21-14-26(2,3)15-21)20(10-9-19-7-8-19)13-23(18)25-17-29(28-27-25)16-22-6-4-5-11-30-22/h12-13,17,19,21-22H,4-8,11,14-16H2,1-3H3/t22-/m1/s1. The fourth-order valence-corrected chi connectivity index (χ4v) is 5.02. The Morgan fingerprint density at radius 1 is 1.17 bits per heavy atom. The Labute approximate surface area is 180 Å². The van der Waals surface area contributed by atoms with Gasteiger partial charge < -0.3 is 4.74 Å². The fourth-order valence-electron chi connectivity index (χ4n) is 5.02. The second kappa shape index (κ2) is 7.85. The van der Waals surface area contributed by atoms with Crippen LogP contribution in [0.4, 0.5) is 0 Å². The Morgan fingerprint density at radius 3 is 2.70 bits per heavy atom. The molecular weight excluding hydrogens is 370 g/mol. The van der Waals surface area contributed by atoms with Crippen molar-refractivity contribution in [3.05, 3.63) is 35.0 Å². The summed E-state index contributed by atoms with van der Waals surface area (Å²) in [4.78, 5) is 0. The van der Waals surface area contributed by atoms with E-state index in [4.69, 9.17) is 4.74 Å². The van der Waals surface area contributed by atoms with Crippen molar-refractivity contribution >= 4 is 0 Å². The molecule has 0 spiro atoms. The summed E-state index contributed by atoms with van der Waals surface area (Å²) in [6, 6.07) is 4.65. The molecule has 1 aliphatic heterocycles. The predicted molar refractivity (Wildman–Crippen MR) is 119 cm³/mol. The maximum absolute atomic E-state index is 5.87. The van der Waals surface area contributed by atoms with Gasteiger partial charge in [-0.2, -0.15) is 0 Å². The van der Waals surface area contributed by atoms with Gasteiger partial charge >= 0.3 is 0 Å². The molecule has 4 heteroatoms. The highest BCUT2D eigenvalue weighted by atomic mass is 16.5. The minimum atomic E-state index is 0.263. The van der Waals surface area contributed by atoms with Crippen molar-refractivity contribution in [2.24, 2.45) is 11.3 Å². The molecule has 2 aliphatic carbocycles. The largest absolute Gasteiger partial charge is 0.376 e. The number of aryl methyl sites for hydroxylation is 1. The molecule has 5 rings (SSSR count). The SMILES string of the molecule is Cc1cc(C2CC(C)(C)C2)c(C#CC2CC2)cc1-c1cn(C[C@H]2CCCCO2)nn1. The van der Waals surface area contributed by atoms with Gasteiger partial charge in [0.1, 0.15) is 5.69 Å². The van der Waals surface area contributed by atoms with Gasteiger partial charge in [0.15, 0.2) is 0 Å². The van der Waals surface area contributed by atoms with Crippen molar-refractivity contribution in [3.63, 3.8) is 0 Å². The number of hydrogen-bond donors (Lipinski definition) is 0. The molecule has 158 valence electrons. The Balaban J connectivity index is 1.42. The minimum Gasteiger partial charge on any atom is -0.376 e. The van der Waals surface area contributed by atoms with Crippen LogP contribution >= 0.6 is 0 Å². The second-order valence-corrected chi connectivity index (χ2v) is 10.4.